The van der Waals surface area contributed by atoms with Gasteiger partial charge >= 0.3 is 0 Å². The van der Waals surface area contributed by atoms with Crippen LogP contribution in [0.15, 0.2) is 255 Å². The number of hydrogen-bond acceptors (Lipinski definition) is 0. The molecule has 0 unspecified atom stereocenters. The third-order valence-electron chi connectivity index (χ3n) is 13.0. The molecule has 0 saturated heterocycles. The number of aromatic nitrogens is 2. The van der Waals surface area contributed by atoms with Crippen LogP contribution < -0.4 is 20.7 Å². The van der Waals surface area contributed by atoms with Gasteiger partial charge in [0.1, 0.15) is 0 Å². The average molecular weight is 819 g/mol. The van der Waals surface area contributed by atoms with Gasteiger partial charge in [-0.1, -0.05) is 218 Å². The number of nitrogens with zero attached hydrogens (tertiary/aromatic N) is 2. The Labute approximate surface area is 368 Å². The maximum absolute atomic E-state index is 3.10. The molecule has 2 heterocycles. The zero-order chi connectivity index (χ0) is 41.7. The summed E-state index contributed by atoms with van der Waals surface area (Å²) in [6, 6.07) is 94.5. The molecule has 0 bridgehead atoms. The fourth-order valence-corrected chi connectivity index (χ4v) is 15.4. The minimum absolute atomic E-state index is 1.16. The molecule has 63 heavy (non-hydrogen) atoms. The minimum Gasteiger partial charge on any atom is -0.309 e. The topological polar surface area (TPSA) is 9.86 Å². The Morgan fingerprint density at radius 3 is 1.37 bits per heavy atom. The predicted molar refractivity (Wildman–Crippen MR) is 270 cm³/mol. The van der Waals surface area contributed by atoms with Crippen molar-refractivity contribution in [3.8, 4) is 33.6 Å². The van der Waals surface area contributed by atoms with Crippen molar-refractivity contribution in [2.24, 2.45) is 0 Å². The molecule has 0 aliphatic rings. The predicted octanol–water partition coefficient (Wildman–Crippen LogP) is 12.6. The lowest BCUT2D eigenvalue weighted by molar-refractivity contribution is 1.17. The molecule has 0 spiro atoms. The van der Waals surface area contributed by atoms with Crippen LogP contribution >= 0.6 is 0 Å². The molecule has 3 heteroatoms. The van der Waals surface area contributed by atoms with Gasteiger partial charge in [0.2, 0.25) is 0 Å². The van der Waals surface area contributed by atoms with Gasteiger partial charge < -0.3 is 9.13 Å². The minimum atomic E-state index is -3.10. The van der Waals surface area contributed by atoms with E-state index in [9.17, 15) is 0 Å². The maximum atomic E-state index is 2.62. The molecule has 10 aromatic carbocycles. The van der Waals surface area contributed by atoms with Crippen LogP contribution in [0.4, 0.5) is 0 Å². The van der Waals surface area contributed by atoms with Crippen molar-refractivity contribution in [3.63, 3.8) is 0 Å². The molecule has 12 aromatic rings. The Hall–Kier alpha value is -7.98. The first-order valence-electron chi connectivity index (χ1n) is 21.8. The highest BCUT2D eigenvalue weighted by molar-refractivity contribution is 7.20. The first-order chi connectivity index (χ1) is 31.3. The molecule has 2 aromatic heterocycles. The molecule has 2 nitrogen and oxygen atoms in total. The Bertz CT molecular complexity index is 3500. The summed E-state index contributed by atoms with van der Waals surface area (Å²) in [7, 11) is -3.10. The zero-order valence-corrected chi connectivity index (χ0v) is 35.6. The van der Waals surface area contributed by atoms with Gasteiger partial charge in [-0.3, -0.25) is 0 Å². The van der Waals surface area contributed by atoms with Crippen LogP contribution in [0, 0.1) is 0 Å². The van der Waals surface area contributed by atoms with E-state index >= 15 is 0 Å². The third-order valence-corrected chi connectivity index (χ3v) is 17.8. The normalized spacial score (nSPS) is 11.8. The van der Waals surface area contributed by atoms with Gasteiger partial charge in [-0.25, -0.2) is 0 Å². The maximum Gasteiger partial charge on any atom is 0.181 e. The smallest absolute Gasteiger partial charge is 0.181 e. The van der Waals surface area contributed by atoms with Gasteiger partial charge in [0.15, 0.2) is 8.07 Å². The van der Waals surface area contributed by atoms with E-state index in [0.29, 0.717) is 0 Å². The van der Waals surface area contributed by atoms with E-state index in [0.717, 1.165) is 11.4 Å². The number of para-hydroxylation sites is 3. The van der Waals surface area contributed by atoms with E-state index < -0.39 is 8.07 Å². The molecule has 0 aliphatic heterocycles. The number of hydrogen-bond donors (Lipinski definition) is 0. The van der Waals surface area contributed by atoms with Crippen molar-refractivity contribution in [1.29, 1.82) is 0 Å². The molecule has 0 aliphatic carbocycles. The van der Waals surface area contributed by atoms with Crippen LogP contribution in [0.5, 0.6) is 0 Å². The Balaban J connectivity index is 1.28. The van der Waals surface area contributed by atoms with Gasteiger partial charge in [0.25, 0.3) is 0 Å². The largest absolute Gasteiger partial charge is 0.309 e. The quantitative estimate of drug-likeness (QED) is 0.107. The molecule has 0 saturated carbocycles. The second-order valence-electron chi connectivity index (χ2n) is 16.4. The second-order valence-corrected chi connectivity index (χ2v) is 20.2. The van der Waals surface area contributed by atoms with Gasteiger partial charge in [0.05, 0.1) is 33.4 Å². The molecule has 0 atom stereocenters. The Morgan fingerprint density at radius 1 is 0.286 bits per heavy atom. The van der Waals surface area contributed by atoms with Crippen LogP contribution in [0.1, 0.15) is 0 Å². The molecule has 0 amide bonds. The van der Waals surface area contributed by atoms with Crippen molar-refractivity contribution in [3.05, 3.63) is 255 Å². The highest BCUT2D eigenvalue weighted by Crippen LogP contribution is 2.42. The molecular formula is C60H42N2Si. The van der Waals surface area contributed by atoms with E-state index in [1.165, 1.54) is 86.6 Å². The zero-order valence-electron chi connectivity index (χ0n) is 34.6. The van der Waals surface area contributed by atoms with Gasteiger partial charge in [0, 0.05) is 27.1 Å². The fourth-order valence-electron chi connectivity index (χ4n) is 10.4. The fraction of sp³-hybridized carbons (Fsp3) is 0. The standard InChI is InChI=1S/C60H42N2Si/c1-6-23-43(24-7-1)45-41-52-50-34-17-20-37-54(50)62(60(52)58(42-45)63(46-27-10-3-11-28-46,47-29-12-4-13-30-47)48-31-14-5-15-32-48)57-40-22-39-56-59(57)51-35-18-21-38-55(51)61(56)53-36-19-16-33-49(53)44-25-8-2-9-26-44/h1-42H. The lowest BCUT2D eigenvalue weighted by Gasteiger charge is -2.35. The molecule has 0 radical (unpaired) electrons. The van der Waals surface area contributed by atoms with Crippen LogP contribution in [0.3, 0.4) is 0 Å². The van der Waals surface area contributed by atoms with Crippen LogP contribution in [-0.2, 0) is 0 Å². The highest BCUT2D eigenvalue weighted by Gasteiger charge is 2.44. The van der Waals surface area contributed by atoms with E-state index in [1.807, 2.05) is 0 Å². The SMILES string of the molecule is c1ccc(-c2cc([Si](c3ccccc3)(c3ccccc3)c3ccccc3)c3c(c2)c2ccccc2n3-c2cccc3c2c2ccccc2n3-c2ccccc2-c2ccccc2)cc1. The second kappa shape index (κ2) is 15.2. The number of fused-ring (bicyclic) bond motifs is 6. The summed E-state index contributed by atoms with van der Waals surface area (Å²) >= 11 is 0. The number of benzene rings is 10. The average Bonchev–Trinajstić information content (AvgIpc) is 3.89. The summed E-state index contributed by atoms with van der Waals surface area (Å²) in [5.74, 6) is 0. The van der Waals surface area contributed by atoms with Gasteiger partial charge in [-0.2, -0.15) is 0 Å². The van der Waals surface area contributed by atoms with Crippen molar-refractivity contribution in [1.82, 2.24) is 9.13 Å². The summed E-state index contributed by atoms with van der Waals surface area (Å²) in [6.07, 6.45) is 0. The van der Waals surface area contributed by atoms with E-state index in [4.69, 9.17) is 0 Å². The van der Waals surface area contributed by atoms with Crippen molar-refractivity contribution >= 4 is 72.4 Å². The molecular weight excluding hydrogens is 777 g/mol. The Kier molecular flexibility index (Phi) is 8.87. The third kappa shape index (κ3) is 5.78. The molecule has 12 rings (SSSR count). The van der Waals surface area contributed by atoms with E-state index in [2.05, 4.69) is 264 Å². The summed E-state index contributed by atoms with van der Waals surface area (Å²) < 4.78 is 5.10. The lowest BCUT2D eigenvalue weighted by atomic mass is 10.0. The van der Waals surface area contributed by atoms with E-state index in [1.54, 1.807) is 0 Å². The van der Waals surface area contributed by atoms with Crippen LogP contribution in [-0.4, -0.2) is 17.2 Å². The summed E-state index contributed by atoms with van der Waals surface area (Å²) in [6.45, 7) is 0. The summed E-state index contributed by atoms with van der Waals surface area (Å²) in [5.41, 5.74) is 11.9. The molecule has 0 N–H and O–H groups in total. The van der Waals surface area contributed by atoms with E-state index in [-0.39, 0.29) is 0 Å². The number of rotatable bonds is 8. The molecule has 0 fully saturated rings. The Morgan fingerprint density at radius 2 is 0.746 bits per heavy atom. The van der Waals surface area contributed by atoms with Crippen molar-refractivity contribution in [2.45, 2.75) is 0 Å². The highest BCUT2D eigenvalue weighted by atomic mass is 28.3. The van der Waals surface area contributed by atoms with Crippen molar-refractivity contribution < 1.29 is 0 Å². The first kappa shape index (κ1) is 36.8. The van der Waals surface area contributed by atoms with Gasteiger partial charge in [-0.05, 0) is 73.8 Å². The summed E-state index contributed by atoms with van der Waals surface area (Å²) in [4.78, 5) is 0. The first-order valence-corrected chi connectivity index (χ1v) is 23.8. The lowest BCUT2D eigenvalue weighted by Crippen LogP contribution is -2.75. The van der Waals surface area contributed by atoms with Crippen molar-refractivity contribution in [2.75, 3.05) is 0 Å². The van der Waals surface area contributed by atoms with Crippen LogP contribution in [0.2, 0.25) is 0 Å². The van der Waals surface area contributed by atoms with Gasteiger partial charge in [-0.15, -0.1) is 0 Å². The monoisotopic (exact) mass is 818 g/mol. The van der Waals surface area contributed by atoms with Crippen LogP contribution in [0.25, 0.3) is 77.2 Å². The molecule has 296 valence electrons. The summed E-state index contributed by atoms with van der Waals surface area (Å²) in [5, 5.41) is 10.3.